The normalized spacial score (nSPS) is 27.1. The zero-order valence-electron chi connectivity index (χ0n) is 19.1. The van der Waals surface area contributed by atoms with Gasteiger partial charge in [0.05, 0.1) is 26.1 Å². The van der Waals surface area contributed by atoms with Gasteiger partial charge in [0.15, 0.2) is 0 Å². The summed E-state index contributed by atoms with van der Waals surface area (Å²) >= 11 is 0. The number of Topliss-reactive ketones (excluding diaryl/α,β-unsaturated/α-hetero) is 2. The van der Waals surface area contributed by atoms with Crippen LogP contribution in [-0.2, 0) is 9.59 Å². The maximum absolute atomic E-state index is 13.6. The predicted molar refractivity (Wildman–Crippen MR) is 119 cm³/mol. The molecule has 5 nitrogen and oxygen atoms in total. The Morgan fingerprint density at radius 1 is 1.07 bits per heavy atom. The first-order valence-electron chi connectivity index (χ1n) is 10.1. The summed E-state index contributed by atoms with van der Waals surface area (Å²) in [6.45, 7) is 11.6. The molecule has 1 saturated carbocycles. The molecule has 0 aromatic rings. The first-order chi connectivity index (χ1) is 13.5. The zero-order chi connectivity index (χ0) is 22.5. The fourth-order valence-electron chi connectivity index (χ4n) is 5.07. The number of aliphatic hydroxyl groups is 1. The van der Waals surface area contributed by atoms with Crippen LogP contribution in [0.5, 0.6) is 0 Å². The number of quaternary nitrogens is 1. The average Bonchev–Trinajstić information content (AvgIpc) is 2.85. The van der Waals surface area contributed by atoms with Crippen LogP contribution in [0, 0.1) is 5.41 Å². The number of likely N-dealkylation sites (N-methyl/N-ethyl adjacent to an activating group) is 1. The SMILES string of the molecule is C=CC[N+](C)(C)C1(C(N)(C=CC)C(C=CC)(C=CC)C=CC)C(=O)CC(O)C1=O.[Br-]. The number of hydrogen-bond donors (Lipinski definition) is 2. The van der Waals surface area contributed by atoms with Crippen molar-refractivity contribution in [3.8, 4) is 0 Å². The molecule has 0 bridgehead atoms. The molecule has 0 aliphatic heterocycles. The predicted octanol–water partition coefficient (Wildman–Crippen LogP) is -0.117. The minimum atomic E-state index is -1.70. The summed E-state index contributed by atoms with van der Waals surface area (Å²) in [6.07, 6.45) is 14.9. The lowest BCUT2D eigenvalue weighted by Gasteiger charge is -2.56. The van der Waals surface area contributed by atoms with Crippen molar-refractivity contribution in [3.05, 3.63) is 61.3 Å². The first-order valence-corrected chi connectivity index (χ1v) is 10.1. The molecule has 168 valence electrons. The third-order valence-corrected chi connectivity index (χ3v) is 6.01. The van der Waals surface area contributed by atoms with E-state index in [2.05, 4.69) is 6.58 Å². The zero-order valence-corrected chi connectivity index (χ0v) is 20.6. The number of allylic oxidation sites excluding steroid dienone is 4. The second-order valence-corrected chi connectivity index (χ2v) is 8.18. The fraction of sp³-hybridized carbons (Fsp3) is 0.500. The van der Waals surface area contributed by atoms with Gasteiger partial charge in [-0.1, -0.05) is 55.2 Å². The van der Waals surface area contributed by atoms with Crippen LogP contribution in [0.15, 0.2) is 61.3 Å². The molecule has 0 aromatic carbocycles. The average molecular weight is 481 g/mol. The molecule has 0 radical (unpaired) electrons. The maximum Gasteiger partial charge on any atom is 0.242 e. The number of carbonyl (C=O) groups is 2. The van der Waals surface area contributed by atoms with Gasteiger partial charge in [-0.2, -0.15) is 0 Å². The summed E-state index contributed by atoms with van der Waals surface area (Å²) in [6, 6.07) is 0. The van der Waals surface area contributed by atoms with Crippen molar-refractivity contribution >= 4 is 11.6 Å². The van der Waals surface area contributed by atoms with Gasteiger partial charge in [0.25, 0.3) is 0 Å². The number of rotatable bonds is 9. The summed E-state index contributed by atoms with van der Waals surface area (Å²) in [5.74, 6) is -0.900. The number of hydrogen-bond acceptors (Lipinski definition) is 4. The van der Waals surface area contributed by atoms with Gasteiger partial charge in [-0.05, 0) is 33.8 Å². The second kappa shape index (κ2) is 10.6. The van der Waals surface area contributed by atoms with Crippen molar-refractivity contribution in [1.29, 1.82) is 0 Å². The van der Waals surface area contributed by atoms with Crippen molar-refractivity contribution in [2.75, 3.05) is 20.6 Å². The molecule has 3 atom stereocenters. The number of carbonyl (C=O) groups excluding carboxylic acids is 2. The van der Waals surface area contributed by atoms with E-state index in [1.54, 1.807) is 32.3 Å². The Balaban J connectivity index is 0.00000841. The Bertz CT molecular complexity index is 735. The lowest BCUT2D eigenvalue weighted by Crippen LogP contribution is -3.00. The summed E-state index contributed by atoms with van der Waals surface area (Å²) in [5.41, 5.74) is 3.06. The van der Waals surface area contributed by atoms with E-state index in [-0.39, 0.29) is 33.7 Å². The van der Waals surface area contributed by atoms with Gasteiger partial charge in [-0.25, -0.2) is 0 Å². The molecule has 0 spiro atoms. The van der Waals surface area contributed by atoms with E-state index < -0.39 is 28.4 Å². The number of aliphatic hydroxyl groups excluding tert-OH is 1. The van der Waals surface area contributed by atoms with Crippen molar-refractivity contribution < 1.29 is 36.2 Å². The standard InChI is InChI=1S/C24H37N2O3.BrH/c1-8-13-22(14-9-2,15-10-3)23(25,16-11-4)24(26(6,7)17-12-5)20(28)18-19(27)21(24)29;/h8-16,19,27H,5,17-18,25H2,1-4,6-7H3;1H/q+1;/p-1. The van der Waals surface area contributed by atoms with Gasteiger partial charge in [-0.15, -0.1) is 0 Å². The molecule has 1 rings (SSSR count). The molecule has 0 heterocycles. The Kier molecular flexibility index (Phi) is 10.1. The summed E-state index contributed by atoms with van der Waals surface area (Å²) in [5, 5.41) is 10.5. The molecule has 0 saturated heterocycles. The minimum Gasteiger partial charge on any atom is -1.00 e. The van der Waals surface area contributed by atoms with Crippen LogP contribution in [0.25, 0.3) is 0 Å². The Labute approximate surface area is 192 Å². The monoisotopic (exact) mass is 480 g/mol. The van der Waals surface area contributed by atoms with E-state index in [9.17, 15) is 14.7 Å². The van der Waals surface area contributed by atoms with Crippen LogP contribution in [-0.4, -0.2) is 59.0 Å². The molecule has 3 unspecified atom stereocenters. The Morgan fingerprint density at radius 3 is 1.80 bits per heavy atom. The summed E-state index contributed by atoms with van der Waals surface area (Å²) in [7, 11) is 3.60. The molecule has 3 N–H and O–H groups in total. The van der Waals surface area contributed by atoms with Gasteiger partial charge < -0.3 is 32.3 Å². The van der Waals surface area contributed by atoms with E-state index in [1.807, 2.05) is 64.2 Å². The lowest BCUT2D eigenvalue weighted by atomic mass is 9.56. The highest BCUT2D eigenvalue weighted by molar-refractivity contribution is 6.20. The molecule has 1 aliphatic carbocycles. The molecule has 0 aromatic heterocycles. The van der Waals surface area contributed by atoms with Crippen LogP contribution >= 0.6 is 0 Å². The van der Waals surface area contributed by atoms with Gasteiger partial charge in [0, 0.05) is 6.42 Å². The van der Waals surface area contributed by atoms with E-state index in [4.69, 9.17) is 5.73 Å². The van der Waals surface area contributed by atoms with Crippen molar-refractivity contribution in [1.82, 2.24) is 0 Å². The second-order valence-electron chi connectivity index (χ2n) is 8.18. The number of ketones is 2. The third-order valence-electron chi connectivity index (χ3n) is 6.01. The van der Waals surface area contributed by atoms with Crippen molar-refractivity contribution in [2.24, 2.45) is 11.1 Å². The maximum atomic E-state index is 13.6. The number of nitrogens with zero attached hydrogens (tertiary/aromatic N) is 1. The molecule has 1 aliphatic rings. The van der Waals surface area contributed by atoms with Crippen LogP contribution < -0.4 is 22.7 Å². The van der Waals surface area contributed by atoms with Crippen LogP contribution in [0.1, 0.15) is 34.1 Å². The van der Waals surface area contributed by atoms with E-state index in [0.29, 0.717) is 6.54 Å². The highest BCUT2D eigenvalue weighted by Crippen LogP contribution is 2.51. The van der Waals surface area contributed by atoms with E-state index >= 15 is 0 Å². The molecule has 0 amide bonds. The van der Waals surface area contributed by atoms with Crippen molar-refractivity contribution in [2.45, 2.75) is 51.3 Å². The topological polar surface area (TPSA) is 80.4 Å². The molecular formula is C24H37BrN2O3. The Hall–Kier alpha value is -1.60. The highest BCUT2D eigenvalue weighted by Gasteiger charge is 2.76. The Morgan fingerprint density at radius 2 is 1.50 bits per heavy atom. The van der Waals surface area contributed by atoms with Crippen LogP contribution in [0.4, 0.5) is 0 Å². The molecule has 6 heteroatoms. The van der Waals surface area contributed by atoms with Gasteiger partial charge >= 0.3 is 0 Å². The smallest absolute Gasteiger partial charge is 0.242 e. The van der Waals surface area contributed by atoms with Crippen LogP contribution in [0.2, 0.25) is 0 Å². The molecule has 30 heavy (non-hydrogen) atoms. The molecular weight excluding hydrogens is 444 g/mol. The quantitative estimate of drug-likeness (QED) is 0.274. The number of nitrogens with two attached hydrogens (primary N) is 1. The number of halogens is 1. The summed E-state index contributed by atoms with van der Waals surface area (Å²) < 4.78 is -0.0412. The molecule has 1 fully saturated rings. The van der Waals surface area contributed by atoms with Crippen LogP contribution in [0.3, 0.4) is 0 Å². The van der Waals surface area contributed by atoms with Gasteiger partial charge in [-0.3, -0.25) is 9.59 Å². The largest absolute Gasteiger partial charge is 1.00 e. The van der Waals surface area contributed by atoms with Gasteiger partial charge in [0.1, 0.15) is 11.6 Å². The van der Waals surface area contributed by atoms with Crippen molar-refractivity contribution in [3.63, 3.8) is 0 Å². The highest BCUT2D eigenvalue weighted by atomic mass is 79.9. The first kappa shape index (κ1) is 28.4. The lowest BCUT2D eigenvalue weighted by molar-refractivity contribution is -0.919. The minimum absolute atomic E-state index is 0. The third kappa shape index (κ3) is 3.98. The van der Waals surface area contributed by atoms with E-state index in [1.165, 1.54) is 0 Å². The van der Waals surface area contributed by atoms with Gasteiger partial charge in [0.2, 0.25) is 17.1 Å². The van der Waals surface area contributed by atoms with E-state index in [0.717, 1.165) is 0 Å². The fourth-order valence-corrected chi connectivity index (χ4v) is 5.07. The summed E-state index contributed by atoms with van der Waals surface area (Å²) in [4.78, 5) is 27.2.